The maximum atomic E-state index is 15.0. The van der Waals surface area contributed by atoms with Crippen LogP contribution >= 0.6 is 0 Å². The van der Waals surface area contributed by atoms with Gasteiger partial charge in [-0.1, -0.05) is 0 Å². The minimum Gasteiger partial charge on any atom is -0.480 e. The molecule has 2 aliphatic rings. The standard InChI is InChI=1S/C22H29FN4O7/c1-4-25(9-10-27(33-3)19(29)22(7-8-22)20(30)31)18-6-5-15(11-17(18)23)26-13-16(34-21(26)32)12-24-14(2)28/h5-6,11,16H,4,7-10,12-13H2,1-3H3,(H,24,28)(H,30,31)/t16-/m0/s1. The average Bonchev–Trinajstić information content (AvgIpc) is 3.53. The number of likely N-dealkylation sites (N-methyl/N-ethyl adjacent to an activating group) is 1. The number of aliphatic carboxylic acids is 1. The second kappa shape index (κ2) is 10.2. The Labute approximate surface area is 196 Å². The van der Waals surface area contributed by atoms with Crippen LogP contribution in [0.25, 0.3) is 0 Å². The number of hydroxylamine groups is 2. The Morgan fingerprint density at radius 3 is 2.56 bits per heavy atom. The third-order valence-corrected chi connectivity index (χ3v) is 6.01. The number of hydrogen-bond donors (Lipinski definition) is 2. The maximum absolute atomic E-state index is 15.0. The van der Waals surface area contributed by atoms with Crippen molar-refractivity contribution in [2.45, 2.75) is 32.8 Å². The molecular formula is C22H29FN4O7. The van der Waals surface area contributed by atoms with Gasteiger partial charge in [-0.3, -0.25) is 24.1 Å². The lowest BCUT2D eigenvalue weighted by atomic mass is 10.1. The van der Waals surface area contributed by atoms with Crippen LogP contribution in [0, 0.1) is 11.2 Å². The lowest BCUT2D eigenvalue weighted by Crippen LogP contribution is -2.44. The van der Waals surface area contributed by atoms with E-state index in [1.54, 1.807) is 11.0 Å². The topological polar surface area (TPSA) is 129 Å². The van der Waals surface area contributed by atoms with E-state index in [-0.39, 0.29) is 50.6 Å². The van der Waals surface area contributed by atoms with Gasteiger partial charge in [0.2, 0.25) is 5.91 Å². The van der Waals surface area contributed by atoms with Gasteiger partial charge < -0.3 is 20.1 Å². The average molecular weight is 480 g/mol. The first kappa shape index (κ1) is 25.2. The van der Waals surface area contributed by atoms with Crippen molar-refractivity contribution in [1.29, 1.82) is 0 Å². The summed E-state index contributed by atoms with van der Waals surface area (Å²) in [7, 11) is 1.29. The molecule has 34 heavy (non-hydrogen) atoms. The number of carbonyl (C=O) groups excluding carboxylic acids is 3. The molecule has 12 heteroatoms. The van der Waals surface area contributed by atoms with Crippen molar-refractivity contribution in [2.24, 2.45) is 5.41 Å². The van der Waals surface area contributed by atoms with Crippen LogP contribution in [0.4, 0.5) is 20.6 Å². The molecule has 2 fully saturated rings. The molecule has 1 aromatic rings. The molecule has 0 aromatic heterocycles. The van der Waals surface area contributed by atoms with Crippen LogP contribution in [-0.4, -0.2) is 80.0 Å². The second-order valence-corrected chi connectivity index (χ2v) is 8.25. The van der Waals surface area contributed by atoms with E-state index >= 15 is 4.39 Å². The highest BCUT2D eigenvalue weighted by molar-refractivity contribution is 6.04. The fraction of sp³-hybridized carbons (Fsp3) is 0.545. The summed E-state index contributed by atoms with van der Waals surface area (Å²) in [5.74, 6) is -2.60. The molecule has 11 nitrogen and oxygen atoms in total. The molecule has 0 spiro atoms. The summed E-state index contributed by atoms with van der Waals surface area (Å²) >= 11 is 0. The predicted octanol–water partition coefficient (Wildman–Crippen LogP) is 1.37. The van der Waals surface area contributed by atoms with Crippen molar-refractivity contribution in [3.05, 3.63) is 24.0 Å². The molecule has 2 N–H and O–H groups in total. The van der Waals surface area contributed by atoms with Gasteiger partial charge in [0.25, 0.3) is 5.91 Å². The van der Waals surface area contributed by atoms with Crippen LogP contribution < -0.4 is 15.1 Å². The number of carboxylic acid groups (broad SMARTS) is 1. The summed E-state index contributed by atoms with van der Waals surface area (Å²) in [4.78, 5) is 55.4. The molecule has 0 bridgehead atoms. The summed E-state index contributed by atoms with van der Waals surface area (Å²) in [6.07, 6.45) is -0.640. The van der Waals surface area contributed by atoms with Gasteiger partial charge in [0.1, 0.15) is 17.3 Å². The van der Waals surface area contributed by atoms with Crippen molar-refractivity contribution in [3.63, 3.8) is 0 Å². The summed E-state index contributed by atoms with van der Waals surface area (Å²) in [6.45, 7) is 4.17. The number of nitrogens with zero attached hydrogens (tertiary/aromatic N) is 3. The Balaban J connectivity index is 1.65. The number of anilines is 2. The predicted molar refractivity (Wildman–Crippen MR) is 119 cm³/mol. The third-order valence-electron chi connectivity index (χ3n) is 6.01. The van der Waals surface area contributed by atoms with Gasteiger partial charge >= 0.3 is 12.1 Å². The number of carboxylic acids is 1. The largest absolute Gasteiger partial charge is 0.480 e. The number of benzene rings is 1. The highest BCUT2D eigenvalue weighted by atomic mass is 19.1. The third kappa shape index (κ3) is 5.22. The highest BCUT2D eigenvalue weighted by Crippen LogP contribution is 2.47. The van der Waals surface area contributed by atoms with Crippen LogP contribution in [0.3, 0.4) is 0 Å². The van der Waals surface area contributed by atoms with Crippen LogP contribution in [0.2, 0.25) is 0 Å². The number of cyclic esters (lactones) is 1. The zero-order valence-corrected chi connectivity index (χ0v) is 19.4. The fourth-order valence-corrected chi connectivity index (χ4v) is 3.84. The first-order valence-electron chi connectivity index (χ1n) is 11.0. The number of hydrogen-bond acceptors (Lipinski definition) is 7. The Morgan fingerprint density at radius 1 is 1.32 bits per heavy atom. The molecule has 1 aromatic carbocycles. The van der Waals surface area contributed by atoms with Crippen molar-refractivity contribution >= 4 is 35.3 Å². The molecule has 0 unspecified atom stereocenters. The summed E-state index contributed by atoms with van der Waals surface area (Å²) in [5.41, 5.74) is -0.850. The van der Waals surface area contributed by atoms with E-state index < -0.39 is 35.3 Å². The van der Waals surface area contributed by atoms with Crippen LogP contribution in [0.5, 0.6) is 0 Å². The van der Waals surface area contributed by atoms with Gasteiger partial charge in [-0.25, -0.2) is 14.2 Å². The molecule has 3 amide bonds. The number of rotatable bonds is 11. The molecule has 0 radical (unpaired) electrons. The maximum Gasteiger partial charge on any atom is 0.414 e. The van der Waals surface area contributed by atoms with Gasteiger partial charge in [-0.2, -0.15) is 0 Å². The van der Waals surface area contributed by atoms with E-state index in [1.807, 2.05) is 6.92 Å². The number of amides is 3. The number of nitrogens with one attached hydrogen (secondary N) is 1. The number of halogens is 1. The lowest BCUT2D eigenvalue weighted by molar-refractivity contribution is -0.185. The Bertz CT molecular complexity index is 969. The van der Waals surface area contributed by atoms with Crippen LogP contribution in [-0.2, 0) is 24.0 Å². The Kier molecular flexibility index (Phi) is 7.60. The zero-order chi connectivity index (χ0) is 25.0. The van der Waals surface area contributed by atoms with Crippen LogP contribution in [0.1, 0.15) is 26.7 Å². The number of ether oxygens (including phenoxy) is 1. The molecular weight excluding hydrogens is 451 g/mol. The van der Waals surface area contributed by atoms with Crippen LogP contribution in [0.15, 0.2) is 18.2 Å². The smallest absolute Gasteiger partial charge is 0.414 e. The fourth-order valence-electron chi connectivity index (χ4n) is 3.84. The molecule has 1 aliphatic carbocycles. The van der Waals surface area contributed by atoms with E-state index in [2.05, 4.69) is 5.32 Å². The molecule has 1 aliphatic heterocycles. The molecule has 1 saturated heterocycles. The van der Waals surface area contributed by atoms with Gasteiger partial charge in [-0.05, 0) is 38.0 Å². The molecule has 186 valence electrons. The SMILES string of the molecule is CCN(CCN(OC)C(=O)C1(C(=O)O)CC1)c1ccc(N2C[C@H](CNC(C)=O)OC2=O)cc1F. The zero-order valence-electron chi connectivity index (χ0n) is 19.4. The number of carbonyl (C=O) groups is 4. The second-order valence-electron chi connectivity index (χ2n) is 8.25. The monoisotopic (exact) mass is 480 g/mol. The van der Waals surface area contributed by atoms with E-state index in [0.29, 0.717) is 12.2 Å². The quantitative estimate of drug-likeness (QED) is 0.359. The van der Waals surface area contributed by atoms with E-state index in [4.69, 9.17) is 9.57 Å². The molecule has 1 saturated carbocycles. The van der Waals surface area contributed by atoms with Gasteiger partial charge in [0.15, 0.2) is 0 Å². The minimum absolute atomic E-state index is 0.0443. The van der Waals surface area contributed by atoms with Gasteiger partial charge in [0.05, 0.1) is 38.1 Å². The van der Waals surface area contributed by atoms with Crippen molar-refractivity contribution in [3.8, 4) is 0 Å². The van der Waals surface area contributed by atoms with Gasteiger partial charge in [-0.15, -0.1) is 0 Å². The first-order valence-corrected chi connectivity index (χ1v) is 11.0. The molecule has 1 atom stereocenters. The van der Waals surface area contributed by atoms with Crippen molar-refractivity contribution in [1.82, 2.24) is 10.4 Å². The first-order chi connectivity index (χ1) is 16.1. The summed E-state index contributed by atoms with van der Waals surface area (Å²) in [6, 6.07) is 4.34. The van der Waals surface area contributed by atoms with Crippen molar-refractivity contribution < 1.29 is 38.2 Å². The lowest BCUT2D eigenvalue weighted by Gasteiger charge is -2.29. The molecule has 1 heterocycles. The minimum atomic E-state index is -1.43. The summed E-state index contributed by atoms with van der Waals surface area (Å²) < 4.78 is 20.2. The van der Waals surface area contributed by atoms with E-state index in [9.17, 15) is 24.3 Å². The van der Waals surface area contributed by atoms with E-state index in [0.717, 1.165) is 5.06 Å². The highest BCUT2D eigenvalue weighted by Gasteiger charge is 2.59. The van der Waals surface area contributed by atoms with Crippen molar-refractivity contribution in [2.75, 3.05) is 49.6 Å². The normalized spacial score (nSPS) is 18.3. The Morgan fingerprint density at radius 2 is 2.03 bits per heavy atom. The molecule has 3 rings (SSSR count). The van der Waals surface area contributed by atoms with E-state index in [1.165, 1.54) is 31.1 Å². The Hall–Kier alpha value is -3.41. The van der Waals surface area contributed by atoms with Gasteiger partial charge in [0, 0.05) is 20.0 Å². The summed E-state index contributed by atoms with van der Waals surface area (Å²) in [5, 5.41) is 12.9.